The summed E-state index contributed by atoms with van der Waals surface area (Å²) < 4.78 is 15.7. The number of carbonyl (C=O) groups is 1. The summed E-state index contributed by atoms with van der Waals surface area (Å²) in [6.45, 7) is 4.11. The Bertz CT molecular complexity index is 953. The predicted molar refractivity (Wildman–Crippen MR) is 109 cm³/mol. The standard InChI is InChI=1S/C19H16N2O5.C3H9N/c1-24-15-11-16(25-2)21-19(20-15)26-14-10-6-9-13(17(14)18(22)23)12-7-4-3-5-8-12;1-3(2)4/h3-11H,1-2H3,(H,22,23);3H,4H2,1-2H3. The van der Waals surface area contributed by atoms with Crippen molar-refractivity contribution in [3.05, 3.63) is 60.2 Å². The number of rotatable bonds is 6. The summed E-state index contributed by atoms with van der Waals surface area (Å²) in [4.78, 5) is 19.9. The van der Waals surface area contributed by atoms with Gasteiger partial charge in [-0.1, -0.05) is 42.5 Å². The summed E-state index contributed by atoms with van der Waals surface area (Å²) in [5, 5.41) is 11.8. The van der Waals surface area contributed by atoms with Crippen molar-refractivity contribution in [2.75, 3.05) is 14.2 Å². The van der Waals surface area contributed by atoms with Crippen molar-refractivity contribution in [2.45, 2.75) is 19.9 Å². The molecule has 8 heteroatoms. The van der Waals surface area contributed by atoms with E-state index in [-0.39, 0.29) is 29.1 Å². The average molecular weight is 411 g/mol. The second kappa shape index (κ2) is 10.8. The van der Waals surface area contributed by atoms with Crippen LogP contribution >= 0.6 is 0 Å². The van der Waals surface area contributed by atoms with E-state index in [0.29, 0.717) is 11.6 Å². The maximum absolute atomic E-state index is 11.8. The Balaban J connectivity index is 0.000000735. The summed E-state index contributed by atoms with van der Waals surface area (Å²) in [7, 11) is 2.88. The molecule has 0 bridgehead atoms. The van der Waals surface area contributed by atoms with E-state index in [1.807, 2.05) is 18.2 Å². The van der Waals surface area contributed by atoms with Crippen LogP contribution < -0.4 is 25.1 Å². The zero-order chi connectivity index (χ0) is 22.1. The highest BCUT2D eigenvalue weighted by Crippen LogP contribution is 2.33. The minimum absolute atomic E-state index is 0.0571. The van der Waals surface area contributed by atoms with Gasteiger partial charge in [0.2, 0.25) is 11.8 Å². The van der Waals surface area contributed by atoms with Crippen LogP contribution in [0.5, 0.6) is 23.5 Å². The zero-order valence-electron chi connectivity index (χ0n) is 17.4. The highest BCUT2D eigenvalue weighted by atomic mass is 16.5. The first kappa shape index (κ1) is 22.6. The Hall–Kier alpha value is -3.65. The van der Waals surface area contributed by atoms with E-state index in [4.69, 9.17) is 14.2 Å². The van der Waals surface area contributed by atoms with Crippen molar-refractivity contribution in [3.63, 3.8) is 0 Å². The summed E-state index contributed by atoms with van der Waals surface area (Å²) in [6, 6.07) is 15.9. The Labute approximate surface area is 175 Å². The topological polar surface area (TPSA) is 121 Å². The average Bonchev–Trinajstić information content (AvgIpc) is 2.73. The molecule has 1 aromatic heterocycles. The number of aromatic nitrogens is 2. The first-order chi connectivity index (χ1) is 14.3. The number of hydrogen-bond donors (Lipinski definition) is 1. The number of benzene rings is 2. The molecule has 0 atom stereocenters. The van der Waals surface area contributed by atoms with E-state index in [1.54, 1.807) is 24.3 Å². The molecule has 0 amide bonds. The maximum atomic E-state index is 11.8. The molecule has 3 aromatic rings. The Morgan fingerprint density at radius 2 is 1.53 bits per heavy atom. The number of carbonyl (C=O) groups excluding carboxylic acids is 1. The van der Waals surface area contributed by atoms with Crippen molar-refractivity contribution >= 4 is 5.97 Å². The zero-order valence-corrected chi connectivity index (χ0v) is 17.4. The van der Waals surface area contributed by atoms with Crippen LogP contribution in [0, 0.1) is 0 Å². The Kier molecular flexibility index (Phi) is 8.13. The third kappa shape index (κ3) is 6.18. The van der Waals surface area contributed by atoms with Crippen LogP contribution in [0.4, 0.5) is 0 Å². The van der Waals surface area contributed by atoms with Gasteiger partial charge in [0.15, 0.2) is 0 Å². The molecule has 3 N–H and O–H groups in total. The Morgan fingerprint density at radius 1 is 0.967 bits per heavy atom. The molecule has 0 spiro atoms. The summed E-state index contributed by atoms with van der Waals surface area (Å²) in [5.74, 6) is -0.863. The largest absolute Gasteiger partial charge is 0.545 e. The van der Waals surface area contributed by atoms with Gasteiger partial charge in [-0.2, -0.15) is 9.97 Å². The fourth-order valence-electron chi connectivity index (χ4n) is 2.42. The molecule has 0 saturated heterocycles. The van der Waals surface area contributed by atoms with E-state index in [9.17, 15) is 9.90 Å². The van der Waals surface area contributed by atoms with Gasteiger partial charge in [-0.3, -0.25) is 0 Å². The van der Waals surface area contributed by atoms with Gasteiger partial charge in [-0.15, -0.1) is 0 Å². The van der Waals surface area contributed by atoms with E-state index < -0.39 is 5.97 Å². The monoisotopic (exact) mass is 411 g/mol. The number of methoxy groups -OCH3 is 2. The molecular formula is C22H25N3O5. The number of quaternary nitrogens is 1. The lowest BCUT2D eigenvalue weighted by Crippen LogP contribution is -2.57. The van der Waals surface area contributed by atoms with Crippen molar-refractivity contribution < 1.29 is 29.8 Å². The minimum Gasteiger partial charge on any atom is -0.545 e. The molecule has 0 unspecified atom stereocenters. The number of aromatic carboxylic acids is 1. The summed E-state index contributed by atoms with van der Waals surface area (Å²) >= 11 is 0. The molecule has 0 radical (unpaired) electrons. The van der Waals surface area contributed by atoms with E-state index in [0.717, 1.165) is 5.56 Å². The van der Waals surface area contributed by atoms with Crippen LogP contribution in [0.2, 0.25) is 0 Å². The fourth-order valence-corrected chi connectivity index (χ4v) is 2.42. The number of ether oxygens (including phenoxy) is 3. The van der Waals surface area contributed by atoms with Crippen LogP contribution in [-0.4, -0.2) is 36.2 Å². The molecule has 2 aromatic carbocycles. The molecule has 0 fully saturated rings. The summed E-state index contributed by atoms with van der Waals surface area (Å²) in [6.07, 6.45) is 0. The minimum atomic E-state index is -1.37. The van der Waals surface area contributed by atoms with Crippen molar-refractivity contribution in [2.24, 2.45) is 0 Å². The number of carboxylic acids is 1. The number of hydrogen-bond acceptors (Lipinski definition) is 7. The predicted octanol–water partition coefficient (Wildman–Crippen LogP) is 1.95. The lowest BCUT2D eigenvalue weighted by Gasteiger charge is -2.16. The third-order valence-corrected chi connectivity index (χ3v) is 3.59. The van der Waals surface area contributed by atoms with Gasteiger partial charge < -0.3 is 29.8 Å². The second-order valence-electron chi connectivity index (χ2n) is 6.56. The van der Waals surface area contributed by atoms with Crippen molar-refractivity contribution in [1.29, 1.82) is 0 Å². The molecular weight excluding hydrogens is 386 g/mol. The van der Waals surface area contributed by atoms with Gasteiger partial charge in [0, 0.05) is 5.56 Å². The molecule has 30 heavy (non-hydrogen) atoms. The van der Waals surface area contributed by atoms with Gasteiger partial charge in [0.05, 0.1) is 32.3 Å². The highest BCUT2D eigenvalue weighted by Gasteiger charge is 2.15. The molecule has 0 aliphatic rings. The maximum Gasteiger partial charge on any atom is 0.328 e. The molecule has 0 aliphatic heterocycles. The summed E-state index contributed by atoms with van der Waals surface area (Å²) in [5.41, 5.74) is 4.74. The first-order valence-electron chi connectivity index (χ1n) is 9.23. The van der Waals surface area contributed by atoms with E-state index in [2.05, 4.69) is 29.5 Å². The van der Waals surface area contributed by atoms with Crippen LogP contribution in [0.15, 0.2) is 54.6 Å². The second-order valence-corrected chi connectivity index (χ2v) is 6.56. The van der Waals surface area contributed by atoms with Gasteiger partial charge in [0.1, 0.15) is 5.75 Å². The van der Waals surface area contributed by atoms with E-state index in [1.165, 1.54) is 26.4 Å². The molecule has 0 saturated carbocycles. The van der Waals surface area contributed by atoms with Gasteiger partial charge in [-0.05, 0) is 31.0 Å². The first-order valence-corrected chi connectivity index (χ1v) is 9.23. The van der Waals surface area contributed by atoms with E-state index >= 15 is 0 Å². The smallest absolute Gasteiger partial charge is 0.328 e. The SMILES string of the molecule is CC(C)[NH3+].COc1cc(OC)nc(Oc2cccc(-c3ccccc3)c2C(=O)[O-])n1. The third-order valence-electron chi connectivity index (χ3n) is 3.59. The fraction of sp³-hybridized carbons (Fsp3) is 0.227. The molecule has 8 nitrogen and oxygen atoms in total. The van der Waals surface area contributed by atoms with Gasteiger partial charge in [0.25, 0.3) is 0 Å². The van der Waals surface area contributed by atoms with Crippen molar-refractivity contribution in [3.8, 4) is 34.6 Å². The number of nitrogens with zero attached hydrogens (tertiary/aromatic N) is 2. The molecule has 1 heterocycles. The number of carboxylic acid groups (broad SMARTS) is 1. The quantitative estimate of drug-likeness (QED) is 0.658. The van der Waals surface area contributed by atoms with Crippen LogP contribution in [-0.2, 0) is 0 Å². The molecule has 3 rings (SSSR count). The molecule has 0 aliphatic carbocycles. The van der Waals surface area contributed by atoms with Crippen molar-refractivity contribution in [1.82, 2.24) is 9.97 Å². The lowest BCUT2D eigenvalue weighted by atomic mass is 9.99. The van der Waals surface area contributed by atoms with Crippen LogP contribution in [0.1, 0.15) is 24.2 Å². The van der Waals surface area contributed by atoms with Gasteiger partial charge >= 0.3 is 6.01 Å². The van der Waals surface area contributed by atoms with Crippen LogP contribution in [0.3, 0.4) is 0 Å². The van der Waals surface area contributed by atoms with Gasteiger partial charge in [-0.25, -0.2) is 0 Å². The highest BCUT2D eigenvalue weighted by molar-refractivity contribution is 5.97. The van der Waals surface area contributed by atoms with Crippen LogP contribution in [0.25, 0.3) is 11.1 Å². The normalized spacial score (nSPS) is 10.1. The lowest BCUT2D eigenvalue weighted by molar-refractivity contribution is -0.407. The molecule has 158 valence electrons. The Morgan fingerprint density at radius 3 is 2.03 bits per heavy atom.